The van der Waals surface area contributed by atoms with Gasteiger partial charge in [-0.2, -0.15) is 0 Å². The van der Waals surface area contributed by atoms with Gasteiger partial charge in [0.2, 0.25) is 5.91 Å². The first-order valence-corrected chi connectivity index (χ1v) is 10.5. The van der Waals surface area contributed by atoms with E-state index in [0.29, 0.717) is 18.8 Å². The van der Waals surface area contributed by atoms with Crippen LogP contribution >= 0.6 is 0 Å². The number of fused-ring (bicyclic) bond motifs is 1. The van der Waals surface area contributed by atoms with Gasteiger partial charge in [0.05, 0.1) is 12.3 Å². The molecule has 0 aliphatic carbocycles. The Morgan fingerprint density at radius 2 is 1.93 bits per heavy atom. The lowest BCUT2D eigenvalue weighted by Gasteiger charge is -2.35. The van der Waals surface area contributed by atoms with Crippen molar-refractivity contribution in [2.45, 2.75) is 51.0 Å². The van der Waals surface area contributed by atoms with Crippen molar-refractivity contribution in [3.8, 4) is 0 Å². The Morgan fingerprint density at radius 1 is 1.17 bits per heavy atom. The van der Waals surface area contributed by atoms with E-state index in [1.54, 1.807) is 6.07 Å². The minimum atomic E-state index is -0.854. The molecule has 0 aromatic heterocycles. The number of piperidine rings is 1. The van der Waals surface area contributed by atoms with Crippen LogP contribution in [-0.2, 0) is 4.79 Å². The molecule has 0 bridgehead atoms. The van der Waals surface area contributed by atoms with Crippen LogP contribution in [0.1, 0.15) is 44.2 Å². The van der Waals surface area contributed by atoms with E-state index in [9.17, 15) is 13.6 Å². The molecular weight excluding hydrogens is 378 g/mol. The predicted molar refractivity (Wildman–Crippen MR) is 105 cm³/mol. The van der Waals surface area contributed by atoms with Gasteiger partial charge in [0, 0.05) is 23.9 Å². The summed E-state index contributed by atoms with van der Waals surface area (Å²) in [4.78, 5) is 15.0. The quantitative estimate of drug-likeness (QED) is 0.503. The molecule has 3 saturated heterocycles. The average Bonchev–Trinajstić information content (AvgIpc) is 3.12. The second kappa shape index (κ2) is 9.01. The van der Waals surface area contributed by atoms with Crippen molar-refractivity contribution in [2.24, 2.45) is 11.8 Å². The van der Waals surface area contributed by atoms with Gasteiger partial charge in [-0.3, -0.25) is 4.79 Å². The summed E-state index contributed by atoms with van der Waals surface area (Å²) in [6.45, 7) is 5.34. The van der Waals surface area contributed by atoms with Crippen LogP contribution in [0.25, 0.3) is 0 Å². The maximum absolute atomic E-state index is 14.2. The summed E-state index contributed by atoms with van der Waals surface area (Å²) in [5.74, 6) is -1.23. The van der Waals surface area contributed by atoms with Gasteiger partial charge in [-0.1, -0.05) is 19.1 Å². The summed E-state index contributed by atoms with van der Waals surface area (Å²) >= 11 is 0. The van der Waals surface area contributed by atoms with E-state index in [1.807, 2.05) is 0 Å². The molecule has 3 aliphatic heterocycles. The molecule has 1 aromatic rings. The minimum absolute atomic E-state index is 0.00481. The van der Waals surface area contributed by atoms with Crippen LogP contribution < -0.4 is 27.0 Å². The molecule has 4 rings (SSSR count). The van der Waals surface area contributed by atoms with Crippen LogP contribution in [0.5, 0.6) is 0 Å². The van der Waals surface area contributed by atoms with Crippen LogP contribution in [0.3, 0.4) is 0 Å². The van der Waals surface area contributed by atoms with Crippen molar-refractivity contribution in [2.75, 3.05) is 19.6 Å². The van der Waals surface area contributed by atoms with Crippen LogP contribution in [0.4, 0.5) is 8.78 Å². The molecule has 160 valence electrons. The summed E-state index contributed by atoms with van der Waals surface area (Å²) in [5.41, 5.74) is 12.7. The molecule has 5 N–H and O–H groups in total. The SMILES string of the molecule is CCN1CCC(CC(=O)NC2NNC3NNC(c4cccc(F)c4F)CC32)CC1. The number of hydrogen-bond acceptors (Lipinski definition) is 6. The lowest BCUT2D eigenvalue weighted by Crippen LogP contribution is -2.57. The van der Waals surface area contributed by atoms with Crippen LogP contribution in [0.15, 0.2) is 18.2 Å². The maximum atomic E-state index is 14.2. The molecule has 29 heavy (non-hydrogen) atoms. The third kappa shape index (κ3) is 4.59. The minimum Gasteiger partial charge on any atom is -0.339 e. The van der Waals surface area contributed by atoms with E-state index >= 15 is 0 Å². The number of amides is 1. The van der Waals surface area contributed by atoms with Gasteiger partial charge in [-0.05, 0) is 50.9 Å². The number of nitrogens with zero attached hydrogens (tertiary/aromatic N) is 1. The number of hydrogen-bond donors (Lipinski definition) is 5. The molecule has 0 saturated carbocycles. The third-order valence-electron chi connectivity index (χ3n) is 6.47. The second-order valence-corrected chi connectivity index (χ2v) is 8.28. The fourth-order valence-electron chi connectivity index (χ4n) is 4.66. The Balaban J connectivity index is 1.33. The van der Waals surface area contributed by atoms with Gasteiger partial charge in [0.1, 0.15) is 0 Å². The number of nitrogens with one attached hydrogen (secondary N) is 5. The summed E-state index contributed by atoms with van der Waals surface area (Å²) < 4.78 is 27.8. The molecule has 0 radical (unpaired) electrons. The van der Waals surface area contributed by atoms with E-state index in [2.05, 4.69) is 38.8 Å². The van der Waals surface area contributed by atoms with E-state index in [1.165, 1.54) is 6.07 Å². The molecule has 4 atom stereocenters. The number of benzene rings is 1. The number of carbonyl (C=O) groups is 1. The summed E-state index contributed by atoms with van der Waals surface area (Å²) in [6.07, 6.45) is 2.81. The highest BCUT2D eigenvalue weighted by atomic mass is 19.2. The Labute approximate surface area is 169 Å². The average molecular weight is 408 g/mol. The van der Waals surface area contributed by atoms with Crippen molar-refractivity contribution in [1.29, 1.82) is 0 Å². The monoisotopic (exact) mass is 408 g/mol. The fourth-order valence-corrected chi connectivity index (χ4v) is 4.66. The van der Waals surface area contributed by atoms with E-state index in [-0.39, 0.29) is 35.8 Å². The highest BCUT2D eigenvalue weighted by molar-refractivity contribution is 5.76. The van der Waals surface area contributed by atoms with Gasteiger partial charge >= 0.3 is 0 Å². The van der Waals surface area contributed by atoms with Gasteiger partial charge in [0.25, 0.3) is 0 Å². The first-order valence-electron chi connectivity index (χ1n) is 10.5. The number of hydrazine groups is 2. The zero-order valence-electron chi connectivity index (χ0n) is 16.7. The standard InChI is InChI=1S/C20H30F2N6O/c1-2-28-8-6-12(7-9-28)10-17(29)23-19-14-11-16(24-26-20(14)27-25-19)13-4-3-5-15(21)18(13)22/h3-5,12,14,16,19-20,24-27H,2,6-11H2,1H3,(H,23,29). The van der Waals surface area contributed by atoms with Gasteiger partial charge in [-0.25, -0.2) is 30.5 Å². The first kappa shape index (κ1) is 20.6. The maximum Gasteiger partial charge on any atom is 0.221 e. The molecule has 7 nitrogen and oxygen atoms in total. The Kier molecular flexibility index (Phi) is 6.41. The highest BCUT2D eigenvalue weighted by Crippen LogP contribution is 2.31. The molecular formula is C20H30F2N6O. The molecule has 3 aliphatic rings. The smallest absolute Gasteiger partial charge is 0.221 e. The largest absolute Gasteiger partial charge is 0.339 e. The molecule has 1 aromatic carbocycles. The highest BCUT2D eigenvalue weighted by Gasteiger charge is 2.42. The molecule has 3 heterocycles. The molecule has 1 amide bonds. The van der Waals surface area contributed by atoms with Crippen LogP contribution in [0.2, 0.25) is 0 Å². The topological polar surface area (TPSA) is 80.5 Å². The zero-order chi connectivity index (χ0) is 20.4. The lowest BCUT2D eigenvalue weighted by molar-refractivity contribution is -0.123. The second-order valence-electron chi connectivity index (χ2n) is 8.28. The van der Waals surface area contributed by atoms with Gasteiger partial charge < -0.3 is 10.2 Å². The Bertz CT molecular complexity index is 727. The predicted octanol–water partition coefficient (Wildman–Crippen LogP) is 1.12. The summed E-state index contributed by atoms with van der Waals surface area (Å²) in [7, 11) is 0. The summed E-state index contributed by atoms with van der Waals surface area (Å²) in [6, 6.07) is 3.83. The van der Waals surface area contributed by atoms with E-state index in [0.717, 1.165) is 38.5 Å². The van der Waals surface area contributed by atoms with Gasteiger partial charge in [-0.15, -0.1) is 0 Å². The molecule has 9 heteroatoms. The molecule has 3 fully saturated rings. The Hall–Kier alpha value is -1.65. The number of likely N-dealkylation sites (tertiary alicyclic amines) is 1. The van der Waals surface area contributed by atoms with Crippen molar-refractivity contribution in [3.63, 3.8) is 0 Å². The van der Waals surface area contributed by atoms with Crippen molar-refractivity contribution in [1.82, 2.24) is 31.9 Å². The van der Waals surface area contributed by atoms with Crippen LogP contribution in [0, 0.1) is 23.5 Å². The molecule has 0 spiro atoms. The number of carbonyl (C=O) groups excluding carboxylic acids is 1. The Morgan fingerprint density at radius 3 is 2.69 bits per heavy atom. The summed E-state index contributed by atoms with van der Waals surface area (Å²) in [5, 5.41) is 3.09. The van der Waals surface area contributed by atoms with E-state index < -0.39 is 11.6 Å². The zero-order valence-corrected chi connectivity index (χ0v) is 16.7. The number of halogens is 2. The van der Waals surface area contributed by atoms with Crippen molar-refractivity contribution >= 4 is 5.91 Å². The lowest BCUT2D eigenvalue weighted by atomic mass is 9.89. The third-order valence-corrected chi connectivity index (χ3v) is 6.47. The van der Waals surface area contributed by atoms with Crippen molar-refractivity contribution in [3.05, 3.63) is 35.4 Å². The fraction of sp³-hybridized carbons (Fsp3) is 0.650. The van der Waals surface area contributed by atoms with E-state index in [4.69, 9.17) is 0 Å². The molecule has 4 unspecified atom stereocenters. The van der Waals surface area contributed by atoms with Gasteiger partial charge in [0.15, 0.2) is 11.6 Å². The van der Waals surface area contributed by atoms with Crippen molar-refractivity contribution < 1.29 is 13.6 Å². The first-order chi connectivity index (χ1) is 14.0. The normalized spacial score (nSPS) is 30.9. The number of rotatable bonds is 5. The van der Waals surface area contributed by atoms with Crippen LogP contribution in [-0.4, -0.2) is 42.8 Å².